The number of alkyl halides is 1. The van der Waals surface area contributed by atoms with E-state index in [9.17, 15) is 4.39 Å². The fourth-order valence-electron chi connectivity index (χ4n) is 1.60. The van der Waals surface area contributed by atoms with E-state index in [1.165, 1.54) is 12.8 Å². The molecule has 1 aliphatic carbocycles. The van der Waals surface area contributed by atoms with Gasteiger partial charge >= 0.3 is 0 Å². The molecule has 0 aromatic rings. The quantitative estimate of drug-likeness (QED) is 0.609. The van der Waals surface area contributed by atoms with Crippen LogP contribution in [0, 0.1) is 0 Å². The lowest BCUT2D eigenvalue weighted by atomic mass is 10.1. The first-order valence-electron chi connectivity index (χ1n) is 4.45. The standard InChI is InChI=1S/C8H15FN2/c9-6-3-8(5-10-4-6)11-7-1-2-7/h6-8,10-11H,1-5H2/t6?,8-/m1/s1. The van der Waals surface area contributed by atoms with Crippen LogP contribution in [0.25, 0.3) is 0 Å². The molecule has 0 aromatic heterocycles. The Balaban J connectivity index is 1.73. The third-order valence-electron chi connectivity index (χ3n) is 2.35. The molecule has 0 bridgehead atoms. The van der Waals surface area contributed by atoms with Gasteiger partial charge in [0.15, 0.2) is 0 Å². The number of nitrogens with one attached hydrogen (secondary N) is 2. The molecule has 1 saturated heterocycles. The van der Waals surface area contributed by atoms with Gasteiger partial charge in [-0.2, -0.15) is 0 Å². The molecule has 0 radical (unpaired) electrons. The highest BCUT2D eigenvalue weighted by molar-refractivity contribution is 4.89. The molecule has 2 atom stereocenters. The maximum absolute atomic E-state index is 12.8. The fourth-order valence-corrected chi connectivity index (χ4v) is 1.60. The Kier molecular flexibility index (Phi) is 2.09. The van der Waals surface area contributed by atoms with Crippen LogP contribution in [0.1, 0.15) is 19.3 Å². The van der Waals surface area contributed by atoms with Crippen molar-refractivity contribution in [1.82, 2.24) is 10.6 Å². The van der Waals surface area contributed by atoms with E-state index < -0.39 is 6.17 Å². The molecule has 11 heavy (non-hydrogen) atoms. The molecular weight excluding hydrogens is 143 g/mol. The van der Waals surface area contributed by atoms with Crippen LogP contribution < -0.4 is 10.6 Å². The van der Waals surface area contributed by atoms with Crippen LogP contribution in [0.15, 0.2) is 0 Å². The van der Waals surface area contributed by atoms with Crippen molar-refractivity contribution in [2.24, 2.45) is 0 Å². The summed E-state index contributed by atoms with van der Waals surface area (Å²) in [5.74, 6) is 0. The molecule has 3 heteroatoms. The first-order chi connectivity index (χ1) is 5.34. The summed E-state index contributed by atoms with van der Waals surface area (Å²) in [6, 6.07) is 1.08. The van der Waals surface area contributed by atoms with Crippen molar-refractivity contribution in [3.63, 3.8) is 0 Å². The molecule has 2 aliphatic rings. The first kappa shape index (κ1) is 7.50. The molecule has 64 valence electrons. The average molecular weight is 158 g/mol. The highest BCUT2D eigenvalue weighted by atomic mass is 19.1. The molecule has 2 nitrogen and oxygen atoms in total. The number of hydrogen-bond donors (Lipinski definition) is 2. The van der Waals surface area contributed by atoms with Gasteiger partial charge in [0.25, 0.3) is 0 Å². The molecule has 0 aromatic carbocycles. The second-order valence-corrected chi connectivity index (χ2v) is 3.63. The Bertz CT molecular complexity index is 134. The minimum absolute atomic E-state index is 0.381. The van der Waals surface area contributed by atoms with Crippen LogP contribution in [0.3, 0.4) is 0 Å². The van der Waals surface area contributed by atoms with Gasteiger partial charge in [-0.15, -0.1) is 0 Å². The summed E-state index contributed by atoms with van der Waals surface area (Å²) in [5.41, 5.74) is 0. The molecule has 2 fully saturated rings. The van der Waals surface area contributed by atoms with Crippen LogP contribution >= 0.6 is 0 Å². The predicted molar refractivity (Wildman–Crippen MR) is 42.3 cm³/mol. The van der Waals surface area contributed by atoms with E-state index in [0.717, 1.165) is 6.54 Å². The Morgan fingerprint density at radius 2 is 2.00 bits per heavy atom. The second kappa shape index (κ2) is 3.07. The maximum atomic E-state index is 12.8. The van der Waals surface area contributed by atoms with Crippen molar-refractivity contribution in [3.8, 4) is 0 Å². The monoisotopic (exact) mass is 158 g/mol. The predicted octanol–water partition coefficient (Wildman–Crippen LogP) is 0.438. The van der Waals surface area contributed by atoms with E-state index in [2.05, 4.69) is 10.6 Å². The molecule has 0 spiro atoms. The molecule has 1 unspecified atom stereocenters. The van der Waals surface area contributed by atoms with Crippen molar-refractivity contribution in [1.29, 1.82) is 0 Å². The van der Waals surface area contributed by atoms with Gasteiger partial charge in [-0.3, -0.25) is 0 Å². The highest BCUT2D eigenvalue weighted by Gasteiger charge is 2.27. The zero-order chi connectivity index (χ0) is 7.68. The summed E-state index contributed by atoms with van der Waals surface area (Å²) in [6.07, 6.45) is 2.63. The Morgan fingerprint density at radius 1 is 1.18 bits per heavy atom. The van der Waals surface area contributed by atoms with Crippen LogP contribution in [0.5, 0.6) is 0 Å². The highest BCUT2D eigenvalue weighted by Crippen LogP contribution is 2.21. The first-order valence-corrected chi connectivity index (χ1v) is 4.45. The van der Waals surface area contributed by atoms with Crippen molar-refractivity contribution >= 4 is 0 Å². The van der Waals surface area contributed by atoms with E-state index in [-0.39, 0.29) is 0 Å². The summed E-state index contributed by atoms with van der Waals surface area (Å²) in [6.45, 7) is 1.49. The molecule has 2 N–H and O–H groups in total. The average Bonchev–Trinajstić information content (AvgIpc) is 2.71. The minimum atomic E-state index is -0.639. The Hall–Kier alpha value is -0.150. The Labute approximate surface area is 66.5 Å². The summed E-state index contributed by atoms with van der Waals surface area (Å²) >= 11 is 0. The zero-order valence-electron chi connectivity index (χ0n) is 6.65. The van der Waals surface area contributed by atoms with E-state index >= 15 is 0 Å². The van der Waals surface area contributed by atoms with Crippen molar-refractivity contribution < 1.29 is 4.39 Å². The van der Waals surface area contributed by atoms with Gasteiger partial charge in [0, 0.05) is 25.2 Å². The number of hydrogen-bond acceptors (Lipinski definition) is 2. The number of halogens is 1. The van der Waals surface area contributed by atoms with Gasteiger partial charge in [0.05, 0.1) is 0 Å². The second-order valence-electron chi connectivity index (χ2n) is 3.63. The lowest BCUT2D eigenvalue weighted by Crippen LogP contribution is -2.48. The summed E-state index contributed by atoms with van der Waals surface area (Å²) in [7, 11) is 0. The fraction of sp³-hybridized carbons (Fsp3) is 1.00. The number of piperidine rings is 1. The topological polar surface area (TPSA) is 24.1 Å². The van der Waals surface area contributed by atoms with Crippen molar-refractivity contribution in [2.75, 3.05) is 13.1 Å². The Morgan fingerprint density at radius 3 is 2.64 bits per heavy atom. The van der Waals surface area contributed by atoms with E-state index in [0.29, 0.717) is 25.0 Å². The SMILES string of the molecule is FC1CNC[C@H](NC2CC2)C1. The third kappa shape index (κ3) is 2.14. The third-order valence-corrected chi connectivity index (χ3v) is 2.35. The van der Waals surface area contributed by atoms with E-state index in [4.69, 9.17) is 0 Å². The molecular formula is C8H15FN2. The summed E-state index contributed by atoms with van der Waals surface area (Å²) in [5, 5.41) is 6.50. The van der Waals surface area contributed by atoms with Crippen LogP contribution in [-0.4, -0.2) is 31.3 Å². The minimum Gasteiger partial charge on any atom is -0.312 e. The lowest BCUT2D eigenvalue weighted by molar-refractivity contribution is 0.228. The largest absolute Gasteiger partial charge is 0.312 e. The van der Waals surface area contributed by atoms with Crippen LogP contribution in [0.2, 0.25) is 0 Å². The molecule has 1 heterocycles. The van der Waals surface area contributed by atoms with Gasteiger partial charge in [-0.05, 0) is 19.3 Å². The van der Waals surface area contributed by atoms with Crippen molar-refractivity contribution in [3.05, 3.63) is 0 Å². The smallest absolute Gasteiger partial charge is 0.114 e. The van der Waals surface area contributed by atoms with Gasteiger partial charge < -0.3 is 10.6 Å². The van der Waals surface area contributed by atoms with Crippen molar-refractivity contribution in [2.45, 2.75) is 37.5 Å². The van der Waals surface area contributed by atoms with E-state index in [1.54, 1.807) is 0 Å². The molecule has 0 amide bonds. The van der Waals surface area contributed by atoms with Crippen LogP contribution in [0.4, 0.5) is 4.39 Å². The van der Waals surface area contributed by atoms with E-state index in [1.807, 2.05) is 0 Å². The lowest BCUT2D eigenvalue weighted by Gasteiger charge is -2.26. The molecule has 2 rings (SSSR count). The van der Waals surface area contributed by atoms with Gasteiger partial charge in [-0.1, -0.05) is 0 Å². The van der Waals surface area contributed by atoms with Gasteiger partial charge in [-0.25, -0.2) is 4.39 Å². The van der Waals surface area contributed by atoms with Gasteiger partial charge in [0.2, 0.25) is 0 Å². The zero-order valence-corrected chi connectivity index (χ0v) is 6.65. The summed E-state index contributed by atoms with van der Waals surface area (Å²) in [4.78, 5) is 0. The van der Waals surface area contributed by atoms with Crippen LogP contribution in [-0.2, 0) is 0 Å². The summed E-state index contributed by atoms with van der Waals surface area (Å²) < 4.78 is 12.8. The molecule has 1 aliphatic heterocycles. The van der Waals surface area contributed by atoms with Gasteiger partial charge in [0.1, 0.15) is 6.17 Å². The molecule has 1 saturated carbocycles. The normalized spacial score (nSPS) is 39.0. The number of rotatable bonds is 2. The maximum Gasteiger partial charge on any atom is 0.114 e.